The summed E-state index contributed by atoms with van der Waals surface area (Å²) in [6.45, 7) is 7.23. The van der Waals surface area contributed by atoms with Crippen LogP contribution in [0.25, 0.3) is 16.8 Å². The van der Waals surface area contributed by atoms with E-state index in [0.717, 1.165) is 46.9 Å². The second kappa shape index (κ2) is 10.4. The molecule has 4 heterocycles. The largest absolute Gasteiger partial charge is 0.391 e. The first kappa shape index (κ1) is 23.3. The zero-order valence-corrected chi connectivity index (χ0v) is 20.3. The molecule has 1 saturated heterocycles. The first-order chi connectivity index (χ1) is 17.1. The number of piperidine rings is 1. The number of pyridine rings is 1. The van der Waals surface area contributed by atoms with Gasteiger partial charge in [0.05, 0.1) is 12.3 Å². The standard InChI is InChI=1S/C27H33N7O/c1-18(2)23-16-32-34-26(12-25(33-27(23)34)30-15-22-9-11-29-17-24(22)35)31-13-19-5-7-20(8-6-19)21-4-3-10-28-14-21/h3-8,10,12,14,16,18,22,24,29,31,35H,9,11,13,15,17H2,1-2H3,(H,30,33)/t22-,24+/m1/s1. The molecule has 1 aliphatic rings. The van der Waals surface area contributed by atoms with E-state index in [9.17, 15) is 5.11 Å². The number of hydrogen-bond donors (Lipinski definition) is 4. The second-order valence-electron chi connectivity index (χ2n) is 9.51. The van der Waals surface area contributed by atoms with Crippen molar-refractivity contribution >= 4 is 17.3 Å². The lowest BCUT2D eigenvalue weighted by Crippen LogP contribution is -2.43. The van der Waals surface area contributed by atoms with E-state index in [-0.39, 0.29) is 12.0 Å². The molecule has 1 aromatic carbocycles. The first-order valence-corrected chi connectivity index (χ1v) is 12.3. The topological polar surface area (TPSA) is 99.4 Å². The van der Waals surface area contributed by atoms with E-state index in [2.05, 4.69) is 70.2 Å². The molecule has 0 bridgehead atoms. The molecule has 0 amide bonds. The fraction of sp³-hybridized carbons (Fsp3) is 0.370. The van der Waals surface area contributed by atoms with Crippen molar-refractivity contribution in [3.63, 3.8) is 0 Å². The quantitative estimate of drug-likeness (QED) is 0.309. The summed E-state index contributed by atoms with van der Waals surface area (Å²) in [6.07, 6.45) is 6.17. The Balaban J connectivity index is 1.35. The highest BCUT2D eigenvalue weighted by Crippen LogP contribution is 2.25. The number of rotatable bonds is 8. The average Bonchev–Trinajstić information content (AvgIpc) is 3.32. The Morgan fingerprint density at radius 1 is 1.11 bits per heavy atom. The summed E-state index contributed by atoms with van der Waals surface area (Å²) >= 11 is 0. The Morgan fingerprint density at radius 2 is 1.97 bits per heavy atom. The fourth-order valence-electron chi connectivity index (χ4n) is 4.52. The number of aliphatic hydroxyl groups excluding tert-OH is 1. The van der Waals surface area contributed by atoms with Crippen LogP contribution >= 0.6 is 0 Å². The van der Waals surface area contributed by atoms with Gasteiger partial charge in [-0.2, -0.15) is 9.61 Å². The van der Waals surface area contributed by atoms with Crippen molar-refractivity contribution in [3.05, 3.63) is 72.2 Å². The van der Waals surface area contributed by atoms with Crippen LogP contribution in [0.2, 0.25) is 0 Å². The lowest BCUT2D eigenvalue weighted by Gasteiger charge is -2.28. The number of aliphatic hydroxyl groups is 1. The van der Waals surface area contributed by atoms with Gasteiger partial charge in [0.2, 0.25) is 0 Å². The molecule has 2 atom stereocenters. The van der Waals surface area contributed by atoms with Crippen LogP contribution in [0.15, 0.2) is 61.1 Å². The zero-order valence-electron chi connectivity index (χ0n) is 20.3. The van der Waals surface area contributed by atoms with Crippen molar-refractivity contribution in [2.75, 3.05) is 30.3 Å². The normalized spacial score (nSPS) is 18.2. The van der Waals surface area contributed by atoms with Gasteiger partial charge in [-0.1, -0.05) is 44.2 Å². The predicted octanol–water partition coefficient (Wildman–Crippen LogP) is 3.91. The number of benzene rings is 1. The van der Waals surface area contributed by atoms with Crippen molar-refractivity contribution < 1.29 is 5.11 Å². The van der Waals surface area contributed by atoms with Gasteiger partial charge in [-0.15, -0.1) is 0 Å². The maximum absolute atomic E-state index is 10.3. The number of nitrogens with zero attached hydrogens (tertiary/aromatic N) is 4. The van der Waals surface area contributed by atoms with Crippen LogP contribution in [0.1, 0.15) is 37.3 Å². The molecule has 1 aliphatic heterocycles. The number of β-amino-alcohol motifs (C(OH)–C–C–N with tert-alkyl or cyclic N) is 1. The Bertz CT molecular complexity index is 1250. The minimum absolute atomic E-state index is 0.207. The molecule has 182 valence electrons. The van der Waals surface area contributed by atoms with Gasteiger partial charge in [-0.05, 0) is 41.6 Å². The second-order valence-corrected chi connectivity index (χ2v) is 9.51. The van der Waals surface area contributed by atoms with E-state index in [1.54, 1.807) is 6.20 Å². The van der Waals surface area contributed by atoms with Crippen molar-refractivity contribution in [1.29, 1.82) is 0 Å². The van der Waals surface area contributed by atoms with Crippen LogP contribution in [0.3, 0.4) is 0 Å². The predicted molar refractivity (Wildman–Crippen MR) is 140 cm³/mol. The van der Waals surface area contributed by atoms with E-state index >= 15 is 0 Å². The van der Waals surface area contributed by atoms with Gasteiger partial charge >= 0.3 is 0 Å². The van der Waals surface area contributed by atoms with Gasteiger partial charge in [0.15, 0.2) is 5.65 Å². The highest BCUT2D eigenvalue weighted by Gasteiger charge is 2.23. The third-order valence-electron chi connectivity index (χ3n) is 6.68. The van der Waals surface area contributed by atoms with Crippen molar-refractivity contribution in [2.24, 2.45) is 5.92 Å². The molecule has 5 rings (SSSR count). The van der Waals surface area contributed by atoms with Crippen molar-refractivity contribution in [3.8, 4) is 11.1 Å². The number of fused-ring (bicyclic) bond motifs is 1. The van der Waals surface area contributed by atoms with E-state index in [1.165, 1.54) is 5.56 Å². The Hall–Kier alpha value is -3.49. The Labute approximate surface area is 205 Å². The summed E-state index contributed by atoms with van der Waals surface area (Å²) in [6, 6.07) is 14.5. The summed E-state index contributed by atoms with van der Waals surface area (Å²) < 4.78 is 1.88. The molecular formula is C27H33N7O. The third-order valence-corrected chi connectivity index (χ3v) is 6.68. The van der Waals surface area contributed by atoms with Crippen LogP contribution in [0, 0.1) is 5.92 Å². The molecular weight excluding hydrogens is 438 g/mol. The molecule has 8 nitrogen and oxygen atoms in total. The van der Waals surface area contributed by atoms with E-state index < -0.39 is 0 Å². The fourth-order valence-corrected chi connectivity index (χ4v) is 4.52. The highest BCUT2D eigenvalue weighted by atomic mass is 16.3. The van der Waals surface area contributed by atoms with Gasteiger partial charge in [-0.25, -0.2) is 4.98 Å². The van der Waals surface area contributed by atoms with Gasteiger partial charge < -0.3 is 21.1 Å². The highest BCUT2D eigenvalue weighted by molar-refractivity contribution is 5.63. The minimum atomic E-state index is -0.339. The molecule has 0 unspecified atom stereocenters. The van der Waals surface area contributed by atoms with Gasteiger partial charge in [0.25, 0.3) is 0 Å². The molecule has 3 aromatic heterocycles. The summed E-state index contributed by atoms with van der Waals surface area (Å²) in [5.41, 5.74) is 5.39. The lowest BCUT2D eigenvalue weighted by atomic mass is 9.95. The van der Waals surface area contributed by atoms with Crippen LogP contribution in [0.4, 0.5) is 11.6 Å². The maximum atomic E-state index is 10.3. The van der Waals surface area contributed by atoms with Crippen LogP contribution in [0.5, 0.6) is 0 Å². The SMILES string of the molecule is CC(C)c1cnn2c(NCc3ccc(-c4cccnc4)cc3)cc(NC[C@H]3CCNC[C@@H]3O)nc12. The van der Waals surface area contributed by atoms with E-state index in [0.29, 0.717) is 25.6 Å². The molecule has 0 saturated carbocycles. The minimum Gasteiger partial charge on any atom is -0.391 e. The lowest BCUT2D eigenvalue weighted by molar-refractivity contribution is 0.0883. The van der Waals surface area contributed by atoms with Crippen molar-refractivity contribution in [1.82, 2.24) is 24.9 Å². The number of aromatic nitrogens is 4. The van der Waals surface area contributed by atoms with Gasteiger partial charge in [-0.3, -0.25) is 4.98 Å². The number of nitrogens with one attached hydrogen (secondary N) is 3. The molecule has 8 heteroatoms. The molecule has 1 fully saturated rings. The summed E-state index contributed by atoms with van der Waals surface area (Å²) in [4.78, 5) is 9.08. The Kier molecular flexibility index (Phi) is 6.92. The van der Waals surface area contributed by atoms with Crippen LogP contribution < -0.4 is 16.0 Å². The third kappa shape index (κ3) is 5.28. The molecule has 4 aromatic rings. The molecule has 0 spiro atoms. The summed E-state index contributed by atoms with van der Waals surface area (Å²) in [7, 11) is 0. The summed E-state index contributed by atoms with van der Waals surface area (Å²) in [5.74, 6) is 2.19. The van der Waals surface area contributed by atoms with Gasteiger partial charge in [0, 0.05) is 49.6 Å². The van der Waals surface area contributed by atoms with Crippen LogP contribution in [-0.2, 0) is 6.54 Å². The maximum Gasteiger partial charge on any atom is 0.163 e. The van der Waals surface area contributed by atoms with E-state index in [4.69, 9.17) is 4.98 Å². The molecule has 4 N–H and O–H groups in total. The Morgan fingerprint density at radius 3 is 2.71 bits per heavy atom. The summed E-state index contributed by atoms with van der Waals surface area (Å²) in [5, 5.41) is 25.2. The van der Waals surface area contributed by atoms with Crippen molar-refractivity contribution in [2.45, 2.75) is 38.8 Å². The molecule has 35 heavy (non-hydrogen) atoms. The zero-order chi connectivity index (χ0) is 24.2. The average molecular weight is 472 g/mol. The van der Waals surface area contributed by atoms with Gasteiger partial charge in [0.1, 0.15) is 11.6 Å². The van der Waals surface area contributed by atoms with Crippen LogP contribution in [-0.4, -0.2) is 50.4 Å². The first-order valence-electron chi connectivity index (χ1n) is 12.3. The molecule has 0 aliphatic carbocycles. The smallest absolute Gasteiger partial charge is 0.163 e. The molecule has 0 radical (unpaired) electrons. The number of anilines is 2. The monoisotopic (exact) mass is 471 g/mol. The van der Waals surface area contributed by atoms with E-state index in [1.807, 2.05) is 29.0 Å². The number of hydrogen-bond acceptors (Lipinski definition) is 7.